The summed E-state index contributed by atoms with van der Waals surface area (Å²) < 4.78 is 0. The highest BCUT2D eigenvalue weighted by Gasteiger charge is 2.44. The molecule has 7 heteroatoms. The maximum Gasteiger partial charge on any atom is 0.241 e. The van der Waals surface area contributed by atoms with Crippen LogP contribution in [0.4, 0.5) is 0 Å². The van der Waals surface area contributed by atoms with E-state index < -0.39 is 4.87 Å². The van der Waals surface area contributed by atoms with Crippen molar-refractivity contribution in [3.8, 4) is 0 Å². The highest BCUT2D eigenvalue weighted by atomic mass is 32.2. The van der Waals surface area contributed by atoms with Crippen molar-refractivity contribution < 1.29 is 9.59 Å². The van der Waals surface area contributed by atoms with Crippen molar-refractivity contribution >= 4 is 28.7 Å². The van der Waals surface area contributed by atoms with Gasteiger partial charge in [-0.05, 0) is 30.8 Å². The van der Waals surface area contributed by atoms with Crippen molar-refractivity contribution in [2.75, 3.05) is 0 Å². The average Bonchev–Trinajstić information content (AvgIpc) is 2.68. The third-order valence-corrected chi connectivity index (χ3v) is 3.77. The van der Waals surface area contributed by atoms with Gasteiger partial charge in [-0.3, -0.25) is 14.6 Å². The molecule has 0 fully saturated rings. The largest absolute Gasteiger partial charge is 0.304 e. The first-order valence-electron chi connectivity index (χ1n) is 5.71. The monoisotopic (exact) mass is 278 g/mol. The van der Waals surface area contributed by atoms with Crippen LogP contribution in [-0.2, 0) is 14.5 Å². The van der Waals surface area contributed by atoms with E-state index in [0.29, 0.717) is 10.9 Å². The SMILES string of the molecule is CC(=O)NC1=NN(C(C)=O)[C@@](C)(c2ccccn2)S1. The van der Waals surface area contributed by atoms with Gasteiger partial charge in [0.1, 0.15) is 0 Å². The van der Waals surface area contributed by atoms with Crippen LogP contribution in [0.3, 0.4) is 0 Å². The Labute approximate surface area is 115 Å². The summed E-state index contributed by atoms with van der Waals surface area (Å²) in [5, 5.41) is 8.49. The van der Waals surface area contributed by atoms with Crippen LogP contribution in [0.25, 0.3) is 0 Å². The zero-order valence-electron chi connectivity index (χ0n) is 10.9. The van der Waals surface area contributed by atoms with Gasteiger partial charge in [-0.15, -0.1) is 5.10 Å². The summed E-state index contributed by atoms with van der Waals surface area (Å²) >= 11 is 1.29. The summed E-state index contributed by atoms with van der Waals surface area (Å²) in [6.07, 6.45) is 1.66. The fourth-order valence-electron chi connectivity index (χ4n) is 1.81. The molecule has 0 radical (unpaired) electrons. The lowest BCUT2D eigenvalue weighted by Gasteiger charge is -2.29. The predicted octanol–water partition coefficient (Wildman–Crippen LogP) is 1.26. The quantitative estimate of drug-likeness (QED) is 0.839. The molecule has 0 saturated heterocycles. The minimum atomic E-state index is -0.745. The normalized spacial score (nSPS) is 22.1. The summed E-state index contributed by atoms with van der Waals surface area (Å²) in [7, 11) is 0. The Hall–Kier alpha value is -1.89. The van der Waals surface area contributed by atoms with E-state index in [1.165, 1.54) is 30.6 Å². The summed E-state index contributed by atoms with van der Waals surface area (Å²) in [6.45, 7) is 4.68. The Balaban J connectivity index is 2.36. The molecular formula is C12H14N4O2S. The first-order chi connectivity index (χ1) is 8.93. The van der Waals surface area contributed by atoms with E-state index in [1.54, 1.807) is 12.3 Å². The number of nitrogens with zero attached hydrogens (tertiary/aromatic N) is 3. The van der Waals surface area contributed by atoms with E-state index in [9.17, 15) is 9.59 Å². The molecule has 0 bridgehead atoms. The van der Waals surface area contributed by atoms with E-state index in [2.05, 4.69) is 15.4 Å². The summed E-state index contributed by atoms with van der Waals surface area (Å²) in [6, 6.07) is 5.48. The number of hydrogen-bond donors (Lipinski definition) is 1. The van der Waals surface area contributed by atoms with E-state index in [4.69, 9.17) is 0 Å². The van der Waals surface area contributed by atoms with Crippen molar-refractivity contribution in [2.45, 2.75) is 25.6 Å². The molecule has 0 saturated carbocycles. The molecule has 2 rings (SSSR count). The molecule has 1 aliphatic heterocycles. The zero-order valence-corrected chi connectivity index (χ0v) is 11.7. The van der Waals surface area contributed by atoms with Gasteiger partial charge in [-0.25, -0.2) is 5.01 Å². The van der Waals surface area contributed by atoms with Crippen LogP contribution in [0, 0.1) is 0 Å². The summed E-state index contributed by atoms with van der Waals surface area (Å²) in [5.41, 5.74) is 0.708. The molecule has 1 aromatic rings. The minimum Gasteiger partial charge on any atom is -0.304 e. The first kappa shape index (κ1) is 13.5. The van der Waals surface area contributed by atoms with Gasteiger partial charge in [0.25, 0.3) is 0 Å². The Morgan fingerprint density at radius 2 is 2.11 bits per heavy atom. The molecule has 0 aromatic carbocycles. The number of amides is 2. The van der Waals surface area contributed by atoms with E-state index >= 15 is 0 Å². The maximum atomic E-state index is 11.7. The number of rotatable bonds is 1. The number of hydrogen-bond acceptors (Lipinski definition) is 5. The summed E-state index contributed by atoms with van der Waals surface area (Å²) in [5.74, 6) is -0.430. The van der Waals surface area contributed by atoms with Crippen LogP contribution in [-0.4, -0.2) is 27.0 Å². The number of hydrazone groups is 1. The van der Waals surface area contributed by atoms with E-state index in [0.717, 1.165) is 0 Å². The third kappa shape index (κ3) is 2.60. The maximum absolute atomic E-state index is 11.7. The van der Waals surface area contributed by atoms with Gasteiger partial charge in [-0.1, -0.05) is 6.07 Å². The van der Waals surface area contributed by atoms with Gasteiger partial charge in [0.15, 0.2) is 10.0 Å². The van der Waals surface area contributed by atoms with E-state index in [1.807, 2.05) is 19.1 Å². The molecule has 100 valence electrons. The average molecular weight is 278 g/mol. The minimum absolute atomic E-state index is 0.207. The fourth-order valence-corrected chi connectivity index (χ4v) is 2.98. The van der Waals surface area contributed by atoms with Gasteiger partial charge < -0.3 is 5.32 Å². The van der Waals surface area contributed by atoms with Gasteiger partial charge in [-0.2, -0.15) is 0 Å². The Morgan fingerprint density at radius 1 is 1.37 bits per heavy atom. The molecule has 1 aliphatic rings. The molecular weight excluding hydrogens is 264 g/mol. The van der Waals surface area contributed by atoms with Crippen LogP contribution >= 0.6 is 11.8 Å². The van der Waals surface area contributed by atoms with Crippen molar-refractivity contribution in [2.24, 2.45) is 5.10 Å². The van der Waals surface area contributed by atoms with Crippen LogP contribution in [0.1, 0.15) is 26.5 Å². The molecule has 1 aromatic heterocycles. The van der Waals surface area contributed by atoms with Crippen molar-refractivity contribution in [3.05, 3.63) is 30.1 Å². The third-order valence-electron chi connectivity index (χ3n) is 2.61. The van der Waals surface area contributed by atoms with Crippen LogP contribution in [0.5, 0.6) is 0 Å². The molecule has 0 aliphatic carbocycles. The van der Waals surface area contributed by atoms with Gasteiger partial charge in [0.05, 0.1) is 5.69 Å². The molecule has 1 N–H and O–H groups in total. The smallest absolute Gasteiger partial charge is 0.241 e. The number of carbonyl (C=O) groups excluding carboxylic acids is 2. The molecule has 2 heterocycles. The van der Waals surface area contributed by atoms with Crippen molar-refractivity contribution in [1.29, 1.82) is 0 Å². The Bertz CT molecular complexity index is 546. The lowest BCUT2D eigenvalue weighted by Crippen LogP contribution is -2.38. The van der Waals surface area contributed by atoms with E-state index in [-0.39, 0.29) is 11.8 Å². The lowest BCUT2D eigenvalue weighted by molar-refractivity contribution is -0.132. The van der Waals surface area contributed by atoms with Gasteiger partial charge in [0.2, 0.25) is 11.8 Å². The highest BCUT2D eigenvalue weighted by Crippen LogP contribution is 2.43. The molecule has 19 heavy (non-hydrogen) atoms. The molecule has 6 nitrogen and oxygen atoms in total. The fraction of sp³-hybridized carbons (Fsp3) is 0.333. The van der Waals surface area contributed by atoms with Crippen LogP contribution in [0.15, 0.2) is 29.5 Å². The number of nitrogens with one attached hydrogen (secondary N) is 1. The van der Waals surface area contributed by atoms with Gasteiger partial charge >= 0.3 is 0 Å². The second-order valence-electron chi connectivity index (χ2n) is 4.22. The standard InChI is InChI=1S/C12H14N4O2S/c1-8(17)14-11-15-16(9(2)18)12(3,19-11)10-6-4-5-7-13-10/h4-7H,1-3H3,(H,14,15,17)/t12-/m1/s1. The number of thioether (sulfide) groups is 1. The lowest BCUT2D eigenvalue weighted by atomic mass is 10.2. The number of amidine groups is 1. The van der Waals surface area contributed by atoms with Crippen molar-refractivity contribution in [1.82, 2.24) is 15.3 Å². The van der Waals surface area contributed by atoms with Crippen molar-refractivity contribution in [3.63, 3.8) is 0 Å². The predicted molar refractivity (Wildman–Crippen MR) is 73.0 cm³/mol. The van der Waals surface area contributed by atoms with Crippen LogP contribution < -0.4 is 5.32 Å². The first-order valence-corrected chi connectivity index (χ1v) is 6.52. The molecule has 2 amide bonds. The van der Waals surface area contributed by atoms with Crippen LogP contribution in [0.2, 0.25) is 0 Å². The molecule has 1 atom stereocenters. The second-order valence-corrected chi connectivity index (χ2v) is 5.60. The Kier molecular flexibility index (Phi) is 3.57. The number of aromatic nitrogens is 1. The number of carbonyl (C=O) groups is 2. The number of pyridine rings is 1. The van der Waals surface area contributed by atoms with Gasteiger partial charge in [0, 0.05) is 20.0 Å². The zero-order chi connectivity index (χ0) is 14.0. The summed E-state index contributed by atoms with van der Waals surface area (Å²) in [4.78, 5) is 26.4. The highest BCUT2D eigenvalue weighted by molar-refractivity contribution is 8.14. The molecule has 0 unspecified atom stereocenters. The Morgan fingerprint density at radius 3 is 2.63 bits per heavy atom. The second kappa shape index (κ2) is 5.00. The topological polar surface area (TPSA) is 74.7 Å². The molecule has 0 spiro atoms.